The fourth-order valence-corrected chi connectivity index (χ4v) is 2.40. The number of nitrogens with zero attached hydrogens (tertiary/aromatic N) is 1. The molecule has 4 nitrogen and oxygen atoms in total. The van der Waals surface area contributed by atoms with Crippen molar-refractivity contribution in [1.29, 1.82) is 0 Å². The molecule has 0 spiro atoms. The summed E-state index contributed by atoms with van der Waals surface area (Å²) in [6.45, 7) is 2.07. The summed E-state index contributed by atoms with van der Waals surface area (Å²) in [5.41, 5.74) is 1.97. The molecule has 0 amide bonds. The van der Waals surface area contributed by atoms with Gasteiger partial charge in [0.25, 0.3) is 0 Å². The molecule has 0 aliphatic carbocycles. The van der Waals surface area contributed by atoms with Crippen LogP contribution in [0.25, 0.3) is 0 Å². The van der Waals surface area contributed by atoms with E-state index < -0.39 is 0 Å². The predicted molar refractivity (Wildman–Crippen MR) is 81.3 cm³/mol. The van der Waals surface area contributed by atoms with Gasteiger partial charge in [-0.2, -0.15) is 0 Å². The fraction of sp³-hybridized carbons (Fsp3) is 0.267. The minimum Gasteiger partial charge on any atom is -0.490 e. The van der Waals surface area contributed by atoms with Gasteiger partial charge in [-0.3, -0.25) is 0 Å². The first kappa shape index (κ1) is 13.2. The highest BCUT2D eigenvalue weighted by molar-refractivity contribution is 9.10. The lowest BCUT2D eigenvalue weighted by Crippen LogP contribution is -2.02. The molecule has 3 rings (SSSR count). The lowest BCUT2D eigenvalue weighted by molar-refractivity contribution is 0.297. The van der Waals surface area contributed by atoms with E-state index in [1.54, 1.807) is 0 Å². The molecular formula is C15H15BrN2O2. The quantitative estimate of drug-likeness (QED) is 0.870. The lowest BCUT2D eigenvalue weighted by Gasteiger charge is -2.11. The third kappa shape index (κ3) is 3.22. The molecule has 0 bridgehead atoms. The number of ether oxygens (including phenoxy) is 2. The summed E-state index contributed by atoms with van der Waals surface area (Å²) < 4.78 is 12.1. The average Bonchev–Trinajstić information content (AvgIpc) is 2.70. The highest BCUT2D eigenvalue weighted by Crippen LogP contribution is 2.32. The molecule has 1 aliphatic rings. The van der Waals surface area contributed by atoms with Crippen LogP contribution in [0.15, 0.2) is 41.0 Å². The van der Waals surface area contributed by atoms with Gasteiger partial charge >= 0.3 is 0 Å². The van der Waals surface area contributed by atoms with E-state index in [1.165, 1.54) is 0 Å². The minimum atomic E-state index is 0.666. The van der Waals surface area contributed by atoms with E-state index in [2.05, 4.69) is 26.2 Å². The summed E-state index contributed by atoms with van der Waals surface area (Å²) in [5.74, 6) is 1.61. The third-order valence-electron chi connectivity index (χ3n) is 2.99. The van der Waals surface area contributed by atoms with Crippen LogP contribution in [0.1, 0.15) is 12.1 Å². The topological polar surface area (TPSA) is 43.4 Å². The summed E-state index contributed by atoms with van der Waals surface area (Å²) in [7, 11) is 0. The van der Waals surface area contributed by atoms with Crippen LogP contribution in [0.4, 0.5) is 5.69 Å². The van der Waals surface area contributed by atoms with Crippen LogP contribution >= 0.6 is 15.9 Å². The molecule has 0 saturated carbocycles. The van der Waals surface area contributed by atoms with E-state index in [9.17, 15) is 0 Å². The van der Waals surface area contributed by atoms with E-state index >= 15 is 0 Å². The Hall–Kier alpha value is -1.75. The molecule has 1 aliphatic heterocycles. The van der Waals surface area contributed by atoms with Crippen molar-refractivity contribution in [2.75, 3.05) is 18.5 Å². The summed E-state index contributed by atoms with van der Waals surface area (Å²) in [4.78, 5) is 4.39. The molecule has 5 heteroatoms. The van der Waals surface area contributed by atoms with Crippen LogP contribution in [0.2, 0.25) is 0 Å². The fourth-order valence-electron chi connectivity index (χ4n) is 2.01. The summed E-state index contributed by atoms with van der Waals surface area (Å²) >= 11 is 3.37. The molecule has 1 aromatic carbocycles. The SMILES string of the molecule is Brc1cccc(CNc2ccc3c(c2)OCCCO3)n1. The Morgan fingerprint density at radius 1 is 1.10 bits per heavy atom. The van der Waals surface area contributed by atoms with Crippen molar-refractivity contribution in [2.24, 2.45) is 0 Å². The summed E-state index contributed by atoms with van der Waals surface area (Å²) in [5, 5.41) is 3.34. The second-order valence-corrected chi connectivity index (χ2v) is 5.33. The number of aromatic nitrogens is 1. The van der Waals surface area contributed by atoms with Gasteiger partial charge in [-0.1, -0.05) is 6.07 Å². The Labute approximate surface area is 126 Å². The highest BCUT2D eigenvalue weighted by Gasteiger charge is 2.10. The first-order valence-electron chi connectivity index (χ1n) is 6.56. The van der Waals surface area contributed by atoms with Gasteiger partial charge in [-0.05, 0) is 40.2 Å². The van der Waals surface area contributed by atoms with Crippen LogP contribution in [0.5, 0.6) is 11.5 Å². The molecule has 2 aromatic rings. The molecule has 0 saturated heterocycles. The maximum absolute atomic E-state index is 5.67. The molecule has 1 aromatic heterocycles. The van der Waals surface area contributed by atoms with Crippen molar-refractivity contribution in [3.05, 3.63) is 46.7 Å². The van der Waals surface area contributed by atoms with Crippen LogP contribution < -0.4 is 14.8 Å². The molecule has 0 atom stereocenters. The number of hydrogen-bond acceptors (Lipinski definition) is 4. The van der Waals surface area contributed by atoms with E-state index in [0.29, 0.717) is 19.8 Å². The zero-order valence-electron chi connectivity index (χ0n) is 10.9. The number of halogens is 1. The lowest BCUT2D eigenvalue weighted by atomic mass is 10.2. The monoisotopic (exact) mass is 334 g/mol. The molecule has 2 heterocycles. The number of pyridine rings is 1. The van der Waals surface area contributed by atoms with E-state index in [4.69, 9.17) is 9.47 Å². The second-order valence-electron chi connectivity index (χ2n) is 4.52. The molecule has 0 radical (unpaired) electrons. The van der Waals surface area contributed by atoms with E-state index in [-0.39, 0.29) is 0 Å². The summed E-state index contributed by atoms with van der Waals surface area (Å²) in [6.07, 6.45) is 0.916. The molecule has 0 unspecified atom stereocenters. The van der Waals surface area contributed by atoms with Gasteiger partial charge in [0.15, 0.2) is 11.5 Å². The van der Waals surface area contributed by atoms with Crippen molar-refractivity contribution in [3.8, 4) is 11.5 Å². The molecule has 20 heavy (non-hydrogen) atoms. The first-order valence-corrected chi connectivity index (χ1v) is 7.35. The van der Waals surface area contributed by atoms with Gasteiger partial charge in [0.05, 0.1) is 25.5 Å². The third-order valence-corrected chi connectivity index (χ3v) is 3.44. The Kier molecular flexibility index (Phi) is 4.06. The number of rotatable bonds is 3. The zero-order valence-corrected chi connectivity index (χ0v) is 12.5. The average molecular weight is 335 g/mol. The number of fused-ring (bicyclic) bond motifs is 1. The smallest absolute Gasteiger partial charge is 0.163 e. The molecule has 1 N–H and O–H groups in total. The number of anilines is 1. The standard InChI is InChI=1S/C15H15BrN2O2/c16-15-4-1-3-12(18-15)10-17-11-5-6-13-14(9-11)20-8-2-7-19-13/h1,3-6,9,17H,2,7-8,10H2. The molecular weight excluding hydrogens is 320 g/mol. The Morgan fingerprint density at radius 3 is 2.80 bits per heavy atom. The van der Waals surface area contributed by atoms with Crippen LogP contribution in [0.3, 0.4) is 0 Å². The molecule has 0 fully saturated rings. The highest BCUT2D eigenvalue weighted by atomic mass is 79.9. The van der Waals surface area contributed by atoms with Gasteiger partial charge in [-0.15, -0.1) is 0 Å². The Bertz CT molecular complexity index is 604. The largest absolute Gasteiger partial charge is 0.490 e. The maximum Gasteiger partial charge on any atom is 0.163 e. The molecule has 104 valence electrons. The van der Waals surface area contributed by atoms with Gasteiger partial charge in [0.2, 0.25) is 0 Å². The van der Waals surface area contributed by atoms with Gasteiger partial charge in [-0.25, -0.2) is 4.98 Å². The number of nitrogens with one attached hydrogen (secondary N) is 1. The van der Waals surface area contributed by atoms with Crippen LogP contribution in [0, 0.1) is 0 Å². The van der Waals surface area contributed by atoms with E-state index in [1.807, 2.05) is 36.4 Å². The predicted octanol–water partition coefficient (Wildman–Crippen LogP) is 3.62. The first-order chi connectivity index (χ1) is 9.81. The minimum absolute atomic E-state index is 0.666. The van der Waals surface area contributed by atoms with Crippen LogP contribution in [-0.2, 0) is 6.54 Å². The zero-order chi connectivity index (χ0) is 13.8. The Morgan fingerprint density at radius 2 is 1.95 bits per heavy atom. The van der Waals surface area contributed by atoms with Gasteiger partial charge < -0.3 is 14.8 Å². The van der Waals surface area contributed by atoms with Crippen molar-refractivity contribution in [1.82, 2.24) is 4.98 Å². The maximum atomic E-state index is 5.67. The van der Waals surface area contributed by atoms with E-state index in [0.717, 1.165) is 33.9 Å². The van der Waals surface area contributed by atoms with Crippen molar-refractivity contribution in [2.45, 2.75) is 13.0 Å². The normalized spacial score (nSPS) is 13.7. The van der Waals surface area contributed by atoms with Crippen LogP contribution in [-0.4, -0.2) is 18.2 Å². The van der Waals surface area contributed by atoms with Crippen molar-refractivity contribution >= 4 is 21.6 Å². The number of benzene rings is 1. The number of hydrogen-bond donors (Lipinski definition) is 1. The Balaban J connectivity index is 1.70. The van der Waals surface area contributed by atoms with Crippen molar-refractivity contribution in [3.63, 3.8) is 0 Å². The summed E-state index contributed by atoms with van der Waals surface area (Å²) in [6, 6.07) is 11.8. The van der Waals surface area contributed by atoms with Gasteiger partial charge in [0.1, 0.15) is 4.60 Å². The second kappa shape index (κ2) is 6.13. The van der Waals surface area contributed by atoms with Gasteiger partial charge in [0, 0.05) is 18.2 Å². The van der Waals surface area contributed by atoms with Crippen molar-refractivity contribution < 1.29 is 9.47 Å².